The molecular formula is C7H13N3O3. The Morgan fingerprint density at radius 2 is 2.08 bits per heavy atom. The van der Waals surface area contributed by atoms with Gasteiger partial charge in [-0.15, -0.1) is 0 Å². The first-order valence-electron chi connectivity index (χ1n) is 3.96. The molecule has 0 aromatic heterocycles. The topological polar surface area (TPSA) is 98.7 Å². The first kappa shape index (κ1) is 9.79. The van der Waals surface area contributed by atoms with Crippen LogP contribution in [0.3, 0.4) is 0 Å². The number of nitrogens with two attached hydrogens (primary N) is 2. The van der Waals surface area contributed by atoms with Gasteiger partial charge in [-0.2, -0.15) is 0 Å². The van der Waals surface area contributed by atoms with E-state index in [9.17, 15) is 9.59 Å². The summed E-state index contributed by atoms with van der Waals surface area (Å²) in [7, 11) is 1.34. The molecule has 0 aromatic rings. The number of carbonyl (C=O) groups is 2. The summed E-state index contributed by atoms with van der Waals surface area (Å²) in [6, 6.07) is -0.682. The Hall–Kier alpha value is -1.30. The van der Waals surface area contributed by atoms with Crippen molar-refractivity contribution in [1.29, 1.82) is 0 Å². The largest absolute Gasteiger partial charge is 0.365 e. The number of nitrogens with zero attached hydrogens (tertiary/aromatic N) is 1. The highest BCUT2D eigenvalue weighted by atomic mass is 16.5. The maximum absolute atomic E-state index is 11.1. The van der Waals surface area contributed by atoms with Gasteiger partial charge in [-0.05, 0) is 6.42 Å². The van der Waals surface area contributed by atoms with Crippen molar-refractivity contribution < 1.29 is 14.3 Å². The molecule has 0 saturated carbocycles. The molecule has 3 amide bonds. The standard InChI is InChI=1S/C7H13N3O3/c1-13-7(5(8)11)3-2-4-10(7)6(9)12/h2-4H2,1H3,(H2,8,11)(H2,9,12). The maximum Gasteiger partial charge on any atom is 0.317 e. The molecule has 4 N–H and O–H groups in total. The highest BCUT2D eigenvalue weighted by Gasteiger charge is 2.48. The average molecular weight is 187 g/mol. The molecule has 1 rings (SSSR count). The molecule has 13 heavy (non-hydrogen) atoms. The summed E-state index contributed by atoms with van der Waals surface area (Å²) in [5.74, 6) is -0.675. The molecule has 1 heterocycles. The van der Waals surface area contributed by atoms with Crippen LogP contribution in [0.25, 0.3) is 0 Å². The number of likely N-dealkylation sites (tertiary alicyclic amines) is 1. The van der Waals surface area contributed by atoms with Crippen molar-refractivity contribution in [2.75, 3.05) is 13.7 Å². The van der Waals surface area contributed by atoms with Crippen molar-refractivity contribution in [2.45, 2.75) is 18.6 Å². The molecule has 0 aliphatic carbocycles. The molecule has 1 fully saturated rings. The average Bonchev–Trinajstić information content (AvgIpc) is 2.48. The summed E-state index contributed by atoms with van der Waals surface area (Å²) >= 11 is 0. The fraction of sp³-hybridized carbons (Fsp3) is 0.714. The fourth-order valence-corrected chi connectivity index (χ4v) is 1.65. The van der Waals surface area contributed by atoms with E-state index in [0.717, 1.165) is 4.90 Å². The zero-order chi connectivity index (χ0) is 10.1. The van der Waals surface area contributed by atoms with Crippen LogP contribution in [-0.4, -0.2) is 36.2 Å². The zero-order valence-corrected chi connectivity index (χ0v) is 7.45. The number of urea groups is 1. The quantitative estimate of drug-likeness (QED) is 0.579. The van der Waals surface area contributed by atoms with Crippen LogP contribution in [0.1, 0.15) is 12.8 Å². The van der Waals surface area contributed by atoms with E-state index in [1.807, 2.05) is 0 Å². The smallest absolute Gasteiger partial charge is 0.317 e. The van der Waals surface area contributed by atoms with Crippen molar-refractivity contribution in [1.82, 2.24) is 4.90 Å². The molecule has 1 aliphatic rings. The molecule has 0 radical (unpaired) electrons. The van der Waals surface area contributed by atoms with Crippen LogP contribution in [0.15, 0.2) is 0 Å². The van der Waals surface area contributed by atoms with Gasteiger partial charge in [-0.3, -0.25) is 9.69 Å². The third kappa shape index (κ3) is 1.33. The Bertz CT molecular complexity index is 243. The second kappa shape index (κ2) is 3.21. The summed E-state index contributed by atoms with van der Waals surface area (Å²) in [5, 5.41) is 0. The molecule has 6 heteroatoms. The van der Waals surface area contributed by atoms with Crippen LogP contribution in [0.2, 0.25) is 0 Å². The summed E-state index contributed by atoms with van der Waals surface area (Å²) < 4.78 is 4.98. The van der Waals surface area contributed by atoms with Crippen molar-refractivity contribution in [2.24, 2.45) is 11.5 Å². The maximum atomic E-state index is 11.1. The van der Waals surface area contributed by atoms with E-state index < -0.39 is 17.7 Å². The van der Waals surface area contributed by atoms with Crippen LogP contribution in [0.4, 0.5) is 4.79 Å². The summed E-state index contributed by atoms with van der Waals surface area (Å²) in [4.78, 5) is 23.2. The first-order chi connectivity index (χ1) is 6.04. The summed E-state index contributed by atoms with van der Waals surface area (Å²) in [5.41, 5.74) is 8.92. The van der Waals surface area contributed by atoms with Gasteiger partial charge in [0.2, 0.25) is 5.72 Å². The number of rotatable bonds is 2. The third-order valence-corrected chi connectivity index (χ3v) is 2.32. The van der Waals surface area contributed by atoms with Crippen LogP contribution in [0, 0.1) is 0 Å². The molecule has 1 atom stereocenters. The Morgan fingerprint density at radius 3 is 2.38 bits per heavy atom. The minimum Gasteiger partial charge on any atom is -0.365 e. The lowest BCUT2D eigenvalue weighted by molar-refractivity contribution is -0.154. The van der Waals surface area contributed by atoms with E-state index in [2.05, 4.69) is 0 Å². The SMILES string of the molecule is COC1(C(N)=O)CCCN1C(N)=O. The molecule has 0 bridgehead atoms. The molecule has 1 unspecified atom stereocenters. The third-order valence-electron chi connectivity index (χ3n) is 2.32. The number of methoxy groups -OCH3 is 1. The molecule has 6 nitrogen and oxygen atoms in total. The van der Waals surface area contributed by atoms with E-state index in [-0.39, 0.29) is 0 Å². The van der Waals surface area contributed by atoms with Crippen LogP contribution in [-0.2, 0) is 9.53 Å². The van der Waals surface area contributed by atoms with Gasteiger partial charge >= 0.3 is 6.03 Å². The molecule has 1 aliphatic heterocycles. The normalized spacial score (nSPS) is 27.6. The number of primary amides is 2. The Balaban J connectivity index is 2.96. The number of ether oxygens (including phenoxy) is 1. The molecule has 74 valence electrons. The van der Waals surface area contributed by atoms with E-state index in [0.29, 0.717) is 19.4 Å². The van der Waals surface area contributed by atoms with Crippen molar-refractivity contribution in [3.05, 3.63) is 0 Å². The van der Waals surface area contributed by atoms with Gasteiger partial charge in [-0.25, -0.2) is 4.79 Å². The number of carbonyl (C=O) groups excluding carboxylic acids is 2. The second-order valence-electron chi connectivity index (χ2n) is 2.95. The Labute approximate surface area is 75.8 Å². The van der Waals surface area contributed by atoms with Gasteiger partial charge in [0.25, 0.3) is 5.91 Å². The zero-order valence-electron chi connectivity index (χ0n) is 7.45. The minimum absolute atomic E-state index is 0.405. The lowest BCUT2D eigenvalue weighted by Gasteiger charge is -2.32. The van der Waals surface area contributed by atoms with E-state index in [4.69, 9.17) is 16.2 Å². The Morgan fingerprint density at radius 1 is 1.46 bits per heavy atom. The lowest BCUT2D eigenvalue weighted by atomic mass is 10.1. The Kier molecular flexibility index (Phi) is 2.42. The van der Waals surface area contributed by atoms with Crippen molar-refractivity contribution >= 4 is 11.9 Å². The van der Waals surface area contributed by atoms with Crippen molar-refractivity contribution in [3.63, 3.8) is 0 Å². The van der Waals surface area contributed by atoms with Crippen LogP contribution >= 0.6 is 0 Å². The number of hydrogen-bond donors (Lipinski definition) is 2. The van der Waals surface area contributed by atoms with E-state index >= 15 is 0 Å². The van der Waals surface area contributed by atoms with E-state index in [1.54, 1.807) is 0 Å². The van der Waals surface area contributed by atoms with E-state index in [1.165, 1.54) is 7.11 Å². The monoisotopic (exact) mass is 187 g/mol. The summed E-state index contributed by atoms with van der Waals surface area (Å²) in [6.07, 6.45) is 1.07. The van der Waals surface area contributed by atoms with Gasteiger partial charge in [0.15, 0.2) is 0 Å². The molecule has 1 saturated heterocycles. The molecule has 0 spiro atoms. The molecule has 0 aromatic carbocycles. The predicted molar refractivity (Wildman–Crippen MR) is 44.5 cm³/mol. The number of hydrogen-bond acceptors (Lipinski definition) is 3. The number of amides is 3. The highest BCUT2D eigenvalue weighted by Crippen LogP contribution is 2.29. The van der Waals surface area contributed by atoms with Gasteiger partial charge in [0.1, 0.15) is 0 Å². The van der Waals surface area contributed by atoms with Gasteiger partial charge < -0.3 is 16.2 Å². The fourth-order valence-electron chi connectivity index (χ4n) is 1.65. The van der Waals surface area contributed by atoms with Crippen molar-refractivity contribution in [3.8, 4) is 0 Å². The second-order valence-corrected chi connectivity index (χ2v) is 2.95. The van der Waals surface area contributed by atoms with Crippen LogP contribution < -0.4 is 11.5 Å². The van der Waals surface area contributed by atoms with Crippen LogP contribution in [0.5, 0.6) is 0 Å². The molecular weight excluding hydrogens is 174 g/mol. The minimum atomic E-state index is -1.33. The predicted octanol–water partition coefficient (Wildman–Crippen LogP) is -1.01. The van der Waals surface area contributed by atoms with Gasteiger partial charge in [0, 0.05) is 20.1 Å². The highest BCUT2D eigenvalue weighted by molar-refractivity contribution is 5.88. The lowest BCUT2D eigenvalue weighted by Crippen LogP contribution is -2.58. The van der Waals surface area contributed by atoms with Gasteiger partial charge in [-0.1, -0.05) is 0 Å². The van der Waals surface area contributed by atoms with Gasteiger partial charge in [0.05, 0.1) is 0 Å². The summed E-state index contributed by atoms with van der Waals surface area (Å²) in [6.45, 7) is 0.409. The first-order valence-corrected chi connectivity index (χ1v) is 3.96.